The van der Waals surface area contributed by atoms with Gasteiger partial charge in [-0.1, -0.05) is 53.7 Å². The topological polar surface area (TPSA) is 107 Å². The van der Waals surface area contributed by atoms with Crippen molar-refractivity contribution in [1.82, 2.24) is 14.9 Å². The molecule has 1 aromatic heterocycles. The molecule has 0 aliphatic carbocycles. The Morgan fingerprint density at radius 3 is 2.93 bits per heavy atom. The van der Waals surface area contributed by atoms with Crippen molar-refractivity contribution >= 4 is 41.3 Å². The number of halogens is 1. The van der Waals surface area contributed by atoms with E-state index < -0.39 is 0 Å². The standard InChI is InChI=1S/C18H17ClN6O2S/c1-27-14-7-4-6-12(9-14)16(26)11-28-18-24-23-17(25(18)20)22-21-10-13-5-2-3-8-15(13)19/h2-10H,11,20H2,1H3,(H,22,23)/b21-10+. The third-order valence-electron chi connectivity index (χ3n) is 3.66. The second-order valence-corrected chi connectivity index (χ2v) is 6.86. The smallest absolute Gasteiger partial charge is 0.264 e. The van der Waals surface area contributed by atoms with E-state index in [9.17, 15) is 4.79 Å². The maximum atomic E-state index is 12.3. The molecule has 28 heavy (non-hydrogen) atoms. The molecule has 0 saturated carbocycles. The minimum atomic E-state index is -0.0712. The van der Waals surface area contributed by atoms with Crippen molar-refractivity contribution in [2.75, 3.05) is 24.1 Å². The van der Waals surface area contributed by atoms with Gasteiger partial charge in [-0.3, -0.25) is 4.79 Å². The lowest BCUT2D eigenvalue weighted by atomic mass is 10.1. The number of hydrazone groups is 1. The van der Waals surface area contributed by atoms with Crippen molar-refractivity contribution in [3.8, 4) is 5.75 Å². The van der Waals surface area contributed by atoms with Gasteiger partial charge in [0.05, 0.1) is 19.1 Å². The number of nitrogens with two attached hydrogens (primary N) is 1. The molecule has 8 nitrogen and oxygen atoms in total. The second kappa shape index (κ2) is 9.25. The average Bonchev–Trinajstić information content (AvgIpc) is 3.07. The van der Waals surface area contributed by atoms with E-state index in [1.807, 2.05) is 18.2 Å². The zero-order valence-electron chi connectivity index (χ0n) is 14.9. The SMILES string of the molecule is COc1cccc(C(=O)CSc2nnc(N/N=C/c3ccccc3Cl)n2N)c1. The van der Waals surface area contributed by atoms with E-state index in [-0.39, 0.29) is 17.5 Å². The minimum Gasteiger partial charge on any atom is -0.497 e. The van der Waals surface area contributed by atoms with Crippen LogP contribution in [0.1, 0.15) is 15.9 Å². The fourth-order valence-electron chi connectivity index (χ4n) is 2.20. The van der Waals surface area contributed by atoms with E-state index in [0.29, 0.717) is 21.5 Å². The number of hydrogen-bond donors (Lipinski definition) is 2. The van der Waals surface area contributed by atoms with E-state index in [1.54, 1.807) is 43.7 Å². The van der Waals surface area contributed by atoms with E-state index in [1.165, 1.54) is 16.4 Å². The molecule has 0 spiro atoms. The third-order valence-corrected chi connectivity index (χ3v) is 4.95. The molecule has 0 aliphatic heterocycles. The van der Waals surface area contributed by atoms with Gasteiger partial charge in [0.1, 0.15) is 5.75 Å². The van der Waals surface area contributed by atoms with Gasteiger partial charge in [-0.15, -0.1) is 10.2 Å². The highest BCUT2D eigenvalue weighted by Crippen LogP contribution is 2.20. The van der Waals surface area contributed by atoms with Crippen LogP contribution in [0.4, 0.5) is 5.95 Å². The van der Waals surface area contributed by atoms with Gasteiger partial charge in [-0.25, -0.2) is 10.1 Å². The van der Waals surface area contributed by atoms with Crippen LogP contribution in [0.3, 0.4) is 0 Å². The van der Waals surface area contributed by atoms with E-state index in [2.05, 4.69) is 20.7 Å². The van der Waals surface area contributed by atoms with Crippen LogP contribution in [0.25, 0.3) is 0 Å². The van der Waals surface area contributed by atoms with Crippen LogP contribution in [0.15, 0.2) is 58.8 Å². The van der Waals surface area contributed by atoms with Gasteiger partial charge in [0.25, 0.3) is 5.95 Å². The third kappa shape index (κ3) is 4.81. The minimum absolute atomic E-state index is 0.0712. The zero-order chi connectivity index (χ0) is 19.9. The van der Waals surface area contributed by atoms with Crippen molar-refractivity contribution in [3.05, 3.63) is 64.7 Å². The number of ketones is 1. The monoisotopic (exact) mass is 416 g/mol. The number of nitrogen functional groups attached to an aromatic ring is 1. The molecule has 0 radical (unpaired) electrons. The Morgan fingerprint density at radius 1 is 1.32 bits per heavy atom. The van der Waals surface area contributed by atoms with E-state index in [0.717, 1.165) is 5.56 Å². The summed E-state index contributed by atoms with van der Waals surface area (Å²) in [5.74, 6) is 6.91. The molecule has 0 bridgehead atoms. The van der Waals surface area contributed by atoms with Gasteiger partial charge in [0, 0.05) is 16.1 Å². The number of nitrogens with one attached hydrogen (secondary N) is 1. The molecule has 3 rings (SSSR count). The molecule has 0 atom stereocenters. The highest BCUT2D eigenvalue weighted by atomic mass is 35.5. The Morgan fingerprint density at radius 2 is 2.14 bits per heavy atom. The summed E-state index contributed by atoms with van der Waals surface area (Å²) in [6.45, 7) is 0. The molecular formula is C18H17ClN6O2S. The highest BCUT2D eigenvalue weighted by molar-refractivity contribution is 7.99. The molecule has 10 heteroatoms. The van der Waals surface area contributed by atoms with E-state index >= 15 is 0 Å². The number of Topliss-reactive ketones (excluding diaryl/α,β-unsaturated/α-hetero) is 1. The number of ether oxygens (including phenoxy) is 1. The van der Waals surface area contributed by atoms with Crippen LogP contribution in [-0.4, -0.2) is 39.7 Å². The van der Waals surface area contributed by atoms with Crippen LogP contribution in [0, 0.1) is 0 Å². The Balaban J connectivity index is 1.60. The first kappa shape index (κ1) is 19.7. The first-order chi connectivity index (χ1) is 13.6. The number of thioether (sulfide) groups is 1. The van der Waals surface area contributed by atoms with Crippen molar-refractivity contribution < 1.29 is 9.53 Å². The fourth-order valence-corrected chi connectivity index (χ4v) is 3.14. The first-order valence-electron chi connectivity index (χ1n) is 8.12. The van der Waals surface area contributed by atoms with Crippen molar-refractivity contribution in [3.63, 3.8) is 0 Å². The van der Waals surface area contributed by atoms with Gasteiger partial charge in [0.15, 0.2) is 5.78 Å². The van der Waals surface area contributed by atoms with Crippen molar-refractivity contribution in [2.24, 2.45) is 5.10 Å². The number of hydrogen-bond acceptors (Lipinski definition) is 8. The molecule has 0 saturated heterocycles. The van der Waals surface area contributed by atoms with Crippen LogP contribution in [-0.2, 0) is 0 Å². The van der Waals surface area contributed by atoms with Gasteiger partial charge in [0.2, 0.25) is 5.16 Å². The molecule has 144 valence electrons. The number of anilines is 1. The number of benzene rings is 2. The van der Waals surface area contributed by atoms with Crippen molar-refractivity contribution in [1.29, 1.82) is 0 Å². The summed E-state index contributed by atoms with van der Waals surface area (Å²) in [5.41, 5.74) is 4.01. The number of carbonyl (C=O) groups excluding carboxylic acids is 1. The molecule has 0 aliphatic rings. The predicted octanol–water partition coefficient (Wildman–Crippen LogP) is 3.07. The lowest BCUT2D eigenvalue weighted by Crippen LogP contribution is -2.14. The largest absolute Gasteiger partial charge is 0.497 e. The van der Waals surface area contributed by atoms with Gasteiger partial charge in [-0.2, -0.15) is 5.10 Å². The maximum absolute atomic E-state index is 12.3. The summed E-state index contributed by atoms with van der Waals surface area (Å²) in [4.78, 5) is 12.3. The normalized spacial score (nSPS) is 10.9. The number of carbonyl (C=O) groups is 1. The molecule has 0 unspecified atom stereocenters. The molecule has 3 aromatic rings. The summed E-state index contributed by atoms with van der Waals surface area (Å²) in [7, 11) is 1.55. The Hall–Kier alpha value is -3.04. The Labute approximate surface area is 170 Å². The zero-order valence-corrected chi connectivity index (χ0v) is 16.4. The summed E-state index contributed by atoms with van der Waals surface area (Å²) < 4.78 is 6.36. The summed E-state index contributed by atoms with van der Waals surface area (Å²) in [5, 5.41) is 12.9. The number of methoxy groups -OCH3 is 1. The van der Waals surface area contributed by atoms with Crippen LogP contribution in [0.5, 0.6) is 5.75 Å². The number of aromatic nitrogens is 3. The molecule has 0 amide bonds. The lowest BCUT2D eigenvalue weighted by molar-refractivity contribution is 0.102. The van der Waals surface area contributed by atoms with Gasteiger partial charge < -0.3 is 10.6 Å². The fraction of sp³-hybridized carbons (Fsp3) is 0.111. The quantitative estimate of drug-likeness (QED) is 0.191. The van der Waals surface area contributed by atoms with Crippen molar-refractivity contribution in [2.45, 2.75) is 5.16 Å². The molecule has 0 fully saturated rings. The predicted molar refractivity (Wildman–Crippen MR) is 111 cm³/mol. The molecular weight excluding hydrogens is 400 g/mol. The highest BCUT2D eigenvalue weighted by Gasteiger charge is 2.13. The summed E-state index contributed by atoms with van der Waals surface area (Å²) in [6, 6.07) is 14.2. The summed E-state index contributed by atoms with van der Waals surface area (Å²) >= 11 is 7.24. The molecule has 2 aromatic carbocycles. The Bertz CT molecular complexity index is 1010. The van der Waals surface area contributed by atoms with Crippen LogP contribution < -0.4 is 16.0 Å². The average molecular weight is 417 g/mol. The first-order valence-corrected chi connectivity index (χ1v) is 9.49. The Kier molecular flexibility index (Phi) is 6.51. The summed E-state index contributed by atoms with van der Waals surface area (Å²) in [6.07, 6.45) is 1.55. The molecule has 3 N–H and O–H groups in total. The number of rotatable bonds is 8. The lowest BCUT2D eigenvalue weighted by Gasteiger charge is -2.04. The second-order valence-electron chi connectivity index (χ2n) is 5.51. The number of nitrogens with zero attached hydrogens (tertiary/aromatic N) is 4. The van der Waals surface area contributed by atoms with Crippen LogP contribution >= 0.6 is 23.4 Å². The van der Waals surface area contributed by atoms with E-state index in [4.69, 9.17) is 22.2 Å². The van der Waals surface area contributed by atoms with Crippen LogP contribution in [0.2, 0.25) is 5.02 Å². The molecule has 1 heterocycles. The van der Waals surface area contributed by atoms with Gasteiger partial charge in [-0.05, 0) is 18.2 Å². The maximum Gasteiger partial charge on any atom is 0.264 e. The van der Waals surface area contributed by atoms with Gasteiger partial charge >= 0.3 is 0 Å².